The summed E-state index contributed by atoms with van der Waals surface area (Å²) >= 11 is 0. The van der Waals surface area contributed by atoms with Gasteiger partial charge in [0.2, 0.25) is 0 Å². The van der Waals surface area contributed by atoms with Crippen LogP contribution in [0.1, 0.15) is 12.0 Å². The smallest absolute Gasteiger partial charge is 0.338 e. The molecule has 0 radical (unpaired) electrons. The number of alkyl halides is 3. The number of benzene rings is 1. The number of anilines is 1. The highest BCUT2D eigenvalue weighted by Crippen LogP contribution is 2.29. The quantitative estimate of drug-likeness (QED) is 0.800. The van der Waals surface area contributed by atoms with Gasteiger partial charge in [-0.15, -0.1) is 0 Å². The molecule has 1 aliphatic rings. The van der Waals surface area contributed by atoms with Gasteiger partial charge in [-0.05, 0) is 49.7 Å². The second kappa shape index (κ2) is 6.13. The maximum atomic E-state index is 12.4. The molecule has 1 unspecified atom stereocenters. The summed E-state index contributed by atoms with van der Waals surface area (Å²) in [6.45, 7) is 2.38. The summed E-state index contributed by atoms with van der Waals surface area (Å²) in [5.74, 6) is 0.411. The van der Waals surface area contributed by atoms with Gasteiger partial charge in [0.05, 0.1) is 5.56 Å². The molecule has 1 heterocycles. The molecule has 1 saturated heterocycles. The Morgan fingerprint density at radius 1 is 1.30 bits per heavy atom. The summed E-state index contributed by atoms with van der Waals surface area (Å²) in [6, 6.07) is 3.95. The van der Waals surface area contributed by atoms with Gasteiger partial charge in [-0.25, -0.2) is 4.79 Å². The minimum Gasteiger partial charge on any atom is -0.338 e. The van der Waals surface area contributed by atoms with Crippen LogP contribution >= 0.6 is 0 Å². The number of halogens is 3. The van der Waals surface area contributed by atoms with Gasteiger partial charge in [-0.1, -0.05) is 0 Å². The van der Waals surface area contributed by atoms with Crippen molar-refractivity contribution in [2.75, 3.05) is 25.0 Å². The van der Waals surface area contributed by atoms with Crippen LogP contribution in [-0.2, 0) is 6.18 Å². The maximum Gasteiger partial charge on any atom is 0.416 e. The summed E-state index contributed by atoms with van der Waals surface area (Å²) < 4.78 is 37.1. The van der Waals surface area contributed by atoms with Crippen LogP contribution in [0.15, 0.2) is 24.3 Å². The highest BCUT2D eigenvalue weighted by atomic mass is 19.4. The summed E-state index contributed by atoms with van der Waals surface area (Å²) in [7, 11) is 0. The van der Waals surface area contributed by atoms with E-state index in [-0.39, 0.29) is 0 Å². The highest BCUT2D eigenvalue weighted by molar-refractivity contribution is 5.89. The van der Waals surface area contributed by atoms with Crippen LogP contribution in [0.4, 0.5) is 23.7 Å². The fourth-order valence-corrected chi connectivity index (χ4v) is 2.04. The summed E-state index contributed by atoms with van der Waals surface area (Å²) in [6.07, 6.45) is -3.35. The molecule has 0 saturated carbocycles. The molecule has 1 aromatic carbocycles. The third-order valence-electron chi connectivity index (χ3n) is 3.18. The minimum absolute atomic E-state index is 0.333. The lowest BCUT2D eigenvalue weighted by Gasteiger charge is -2.12. The zero-order valence-corrected chi connectivity index (χ0v) is 10.8. The van der Waals surface area contributed by atoms with Crippen molar-refractivity contribution in [2.45, 2.75) is 12.6 Å². The van der Waals surface area contributed by atoms with Gasteiger partial charge in [0.15, 0.2) is 0 Å². The van der Waals surface area contributed by atoms with Crippen LogP contribution in [0.2, 0.25) is 0 Å². The molecule has 1 aliphatic heterocycles. The second-order valence-corrected chi connectivity index (χ2v) is 4.77. The first kappa shape index (κ1) is 14.6. The lowest BCUT2D eigenvalue weighted by molar-refractivity contribution is -0.137. The normalized spacial score (nSPS) is 18.9. The zero-order valence-electron chi connectivity index (χ0n) is 10.8. The van der Waals surface area contributed by atoms with Crippen molar-refractivity contribution in [1.82, 2.24) is 10.6 Å². The van der Waals surface area contributed by atoms with Gasteiger partial charge in [0.1, 0.15) is 0 Å². The molecular weight excluding hydrogens is 271 g/mol. The van der Waals surface area contributed by atoms with E-state index in [0.717, 1.165) is 31.6 Å². The Hall–Kier alpha value is -1.76. The maximum absolute atomic E-state index is 12.4. The van der Waals surface area contributed by atoms with E-state index in [9.17, 15) is 18.0 Å². The molecule has 0 bridgehead atoms. The van der Waals surface area contributed by atoms with E-state index in [1.54, 1.807) is 0 Å². The van der Waals surface area contributed by atoms with Crippen molar-refractivity contribution >= 4 is 11.7 Å². The van der Waals surface area contributed by atoms with Gasteiger partial charge < -0.3 is 16.0 Å². The SMILES string of the molecule is O=C(NCC1CCNC1)Nc1ccc(C(F)(F)F)cc1. The number of carbonyl (C=O) groups is 1. The molecule has 1 atom stereocenters. The number of rotatable bonds is 3. The van der Waals surface area contributed by atoms with Crippen LogP contribution < -0.4 is 16.0 Å². The Morgan fingerprint density at radius 3 is 2.55 bits per heavy atom. The van der Waals surface area contributed by atoms with E-state index >= 15 is 0 Å². The topological polar surface area (TPSA) is 53.2 Å². The molecule has 4 nitrogen and oxygen atoms in total. The molecule has 1 fully saturated rings. The van der Waals surface area contributed by atoms with Crippen molar-refractivity contribution in [2.24, 2.45) is 5.92 Å². The van der Waals surface area contributed by atoms with Gasteiger partial charge in [0, 0.05) is 12.2 Å². The van der Waals surface area contributed by atoms with Crippen molar-refractivity contribution in [3.05, 3.63) is 29.8 Å². The Morgan fingerprint density at radius 2 is 2.00 bits per heavy atom. The van der Waals surface area contributed by atoms with Crippen molar-refractivity contribution in [1.29, 1.82) is 0 Å². The van der Waals surface area contributed by atoms with E-state index in [4.69, 9.17) is 0 Å². The molecule has 2 amide bonds. The van der Waals surface area contributed by atoms with E-state index < -0.39 is 17.8 Å². The largest absolute Gasteiger partial charge is 0.416 e. The molecule has 0 spiro atoms. The Labute approximate surface area is 114 Å². The molecule has 3 N–H and O–H groups in total. The fourth-order valence-electron chi connectivity index (χ4n) is 2.04. The predicted molar refractivity (Wildman–Crippen MR) is 69.4 cm³/mol. The summed E-state index contributed by atoms with van der Waals surface area (Å²) in [5, 5.41) is 8.40. The second-order valence-electron chi connectivity index (χ2n) is 4.77. The molecule has 110 valence electrons. The van der Waals surface area contributed by atoms with Crippen LogP contribution in [0.25, 0.3) is 0 Å². The Kier molecular flexibility index (Phi) is 4.49. The standard InChI is InChI=1S/C13H16F3N3O/c14-13(15,16)10-1-3-11(4-2-10)19-12(20)18-8-9-5-6-17-7-9/h1-4,9,17H,5-8H2,(H2,18,19,20). The van der Waals surface area contributed by atoms with E-state index in [2.05, 4.69) is 16.0 Å². The Balaban J connectivity index is 1.81. The van der Waals surface area contributed by atoms with Gasteiger partial charge in [0.25, 0.3) is 0 Å². The van der Waals surface area contributed by atoms with Crippen LogP contribution in [0.5, 0.6) is 0 Å². The van der Waals surface area contributed by atoms with E-state index in [1.807, 2.05) is 0 Å². The lowest BCUT2D eigenvalue weighted by Crippen LogP contribution is -2.33. The lowest BCUT2D eigenvalue weighted by atomic mass is 10.1. The molecule has 2 rings (SSSR count). The molecular formula is C13H16F3N3O. The third kappa shape index (κ3) is 4.12. The molecule has 1 aromatic rings. The first-order chi connectivity index (χ1) is 9.45. The van der Waals surface area contributed by atoms with E-state index in [1.165, 1.54) is 12.1 Å². The van der Waals surface area contributed by atoms with Gasteiger partial charge >= 0.3 is 12.2 Å². The number of urea groups is 1. The monoisotopic (exact) mass is 287 g/mol. The average Bonchev–Trinajstić information content (AvgIpc) is 2.89. The zero-order chi connectivity index (χ0) is 14.6. The van der Waals surface area contributed by atoms with Crippen molar-refractivity contribution < 1.29 is 18.0 Å². The van der Waals surface area contributed by atoms with Crippen LogP contribution in [0, 0.1) is 5.92 Å². The molecule has 20 heavy (non-hydrogen) atoms. The predicted octanol–water partition coefficient (Wildman–Crippen LogP) is 2.44. The third-order valence-corrected chi connectivity index (χ3v) is 3.18. The van der Waals surface area contributed by atoms with Gasteiger partial charge in [-0.2, -0.15) is 13.2 Å². The van der Waals surface area contributed by atoms with E-state index in [0.29, 0.717) is 18.2 Å². The fraction of sp³-hybridized carbons (Fsp3) is 0.462. The number of amides is 2. The number of carbonyl (C=O) groups excluding carboxylic acids is 1. The van der Waals surface area contributed by atoms with Crippen LogP contribution in [0.3, 0.4) is 0 Å². The number of hydrogen-bond donors (Lipinski definition) is 3. The highest BCUT2D eigenvalue weighted by Gasteiger charge is 2.29. The molecule has 0 aromatic heterocycles. The first-order valence-corrected chi connectivity index (χ1v) is 6.38. The van der Waals surface area contributed by atoms with Crippen LogP contribution in [-0.4, -0.2) is 25.7 Å². The number of nitrogens with one attached hydrogen (secondary N) is 3. The average molecular weight is 287 g/mol. The summed E-state index contributed by atoms with van der Waals surface area (Å²) in [5.41, 5.74) is -0.402. The van der Waals surface area contributed by atoms with Crippen molar-refractivity contribution in [3.63, 3.8) is 0 Å². The molecule has 7 heteroatoms. The van der Waals surface area contributed by atoms with Gasteiger partial charge in [-0.3, -0.25) is 0 Å². The number of hydrogen-bond acceptors (Lipinski definition) is 2. The summed E-state index contributed by atoms with van der Waals surface area (Å²) in [4.78, 5) is 11.6. The Bertz CT molecular complexity index is 453. The molecule has 0 aliphatic carbocycles. The van der Waals surface area contributed by atoms with Crippen molar-refractivity contribution in [3.8, 4) is 0 Å². The first-order valence-electron chi connectivity index (χ1n) is 6.38. The minimum atomic E-state index is -4.36.